The molecule has 0 aromatic heterocycles. The molecule has 0 rings (SSSR count). The molecule has 0 aromatic rings. The molecule has 0 heterocycles. The quantitative estimate of drug-likeness (QED) is 0.687. The Labute approximate surface area is 87.1 Å². The first-order valence-electron chi connectivity index (χ1n) is 5.51. The summed E-state index contributed by atoms with van der Waals surface area (Å²) in [6.45, 7) is 9.66. The maximum absolute atomic E-state index is 11.2. The lowest BCUT2D eigenvalue weighted by Gasteiger charge is -2.37. The predicted molar refractivity (Wildman–Crippen MR) is 58.5 cm³/mol. The highest BCUT2D eigenvalue weighted by molar-refractivity contribution is 5.78. The number of hydrogen-bond donors (Lipinski definition) is 1. The number of hydrogen-bond acceptors (Lipinski definition) is 2. The molecule has 0 saturated heterocycles. The topological polar surface area (TPSA) is 40.5 Å². The van der Waals surface area contributed by atoms with Crippen molar-refractivity contribution >= 4 is 5.97 Å². The molecule has 1 N–H and O–H groups in total. The van der Waals surface area contributed by atoms with Gasteiger partial charge >= 0.3 is 5.97 Å². The molecule has 0 aliphatic rings. The lowest BCUT2D eigenvalue weighted by molar-refractivity contribution is -0.151. The maximum Gasteiger partial charge on any atom is 0.323 e. The van der Waals surface area contributed by atoms with Crippen LogP contribution in [0, 0.1) is 0 Å². The Morgan fingerprint density at radius 3 is 1.86 bits per heavy atom. The van der Waals surface area contributed by atoms with Crippen molar-refractivity contribution in [3.63, 3.8) is 0 Å². The molecule has 84 valence electrons. The molecule has 0 radical (unpaired) electrons. The minimum atomic E-state index is -0.707. The predicted octanol–water partition coefficient (Wildman–Crippen LogP) is 2.36. The average Bonchev–Trinajstić information content (AvgIpc) is 2.16. The molecular formula is C11H23NO2. The van der Waals surface area contributed by atoms with Gasteiger partial charge in [0.2, 0.25) is 0 Å². The van der Waals surface area contributed by atoms with Crippen molar-refractivity contribution in [1.29, 1.82) is 0 Å². The van der Waals surface area contributed by atoms with Crippen molar-refractivity contribution in [2.75, 3.05) is 13.1 Å². The van der Waals surface area contributed by atoms with E-state index in [9.17, 15) is 9.90 Å². The second-order valence-corrected chi connectivity index (χ2v) is 3.92. The molecule has 14 heavy (non-hydrogen) atoms. The Morgan fingerprint density at radius 2 is 1.64 bits per heavy atom. The van der Waals surface area contributed by atoms with Crippen LogP contribution in [0.5, 0.6) is 0 Å². The fraction of sp³-hybridized carbons (Fsp3) is 0.909. The third-order valence-corrected chi connectivity index (χ3v) is 2.83. The monoisotopic (exact) mass is 201 g/mol. The van der Waals surface area contributed by atoms with Crippen LogP contribution in [0.2, 0.25) is 0 Å². The van der Waals surface area contributed by atoms with Crippen molar-refractivity contribution in [3.8, 4) is 0 Å². The van der Waals surface area contributed by atoms with Crippen LogP contribution in [0.1, 0.15) is 47.0 Å². The van der Waals surface area contributed by atoms with E-state index in [-0.39, 0.29) is 0 Å². The van der Waals surface area contributed by atoms with Crippen molar-refractivity contribution in [3.05, 3.63) is 0 Å². The molecule has 1 atom stereocenters. The van der Waals surface area contributed by atoms with Crippen LogP contribution in [0.3, 0.4) is 0 Å². The van der Waals surface area contributed by atoms with Crippen molar-refractivity contribution in [2.24, 2.45) is 0 Å². The number of carboxylic acid groups (broad SMARTS) is 1. The Bertz CT molecular complexity index is 176. The first-order chi connectivity index (χ1) is 6.52. The molecule has 0 fully saturated rings. The van der Waals surface area contributed by atoms with E-state index in [0.717, 1.165) is 25.9 Å². The zero-order valence-electron chi connectivity index (χ0n) is 9.84. The third-order valence-electron chi connectivity index (χ3n) is 2.83. The SMILES string of the molecule is CCCN(CCC)C(C)(CC)C(=O)O. The summed E-state index contributed by atoms with van der Waals surface area (Å²) < 4.78 is 0. The number of carboxylic acids is 1. The number of nitrogens with zero attached hydrogens (tertiary/aromatic N) is 1. The molecule has 0 amide bonds. The van der Waals surface area contributed by atoms with Gasteiger partial charge in [0.1, 0.15) is 5.54 Å². The fourth-order valence-corrected chi connectivity index (χ4v) is 1.66. The van der Waals surface area contributed by atoms with Crippen LogP contribution in [0.4, 0.5) is 0 Å². The van der Waals surface area contributed by atoms with Crippen molar-refractivity contribution in [2.45, 2.75) is 52.5 Å². The van der Waals surface area contributed by atoms with Gasteiger partial charge in [-0.1, -0.05) is 20.8 Å². The van der Waals surface area contributed by atoms with E-state index in [4.69, 9.17) is 0 Å². The highest BCUT2D eigenvalue weighted by Crippen LogP contribution is 2.20. The summed E-state index contributed by atoms with van der Waals surface area (Å²) in [4.78, 5) is 13.3. The zero-order chi connectivity index (χ0) is 11.2. The van der Waals surface area contributed by atoms with Crippen molar-refractivity contribution in [1.82, 2.24) is 4.90 Å². The van der Waals surface area contributed by atoms with Gasteiger partial charge in [0.05, 0.1) is 0 Å². The summed E-state index contributed by atoms with van der Waals surface area (Å²) in [7, 11) is 0. The summed E-state index contributed by atoms with van der Waals surface area (Å²) in [5.74, 6) is -0.707. The van der Waals surface area contributed by atoms with E-state index in [0.29, 0.717) is 6.42 Å². The lowest BCUT2D eigenvalue weighted by atomic mass is 9.96. The van der Waals surface area contributed by atoms with E-state index in [2.05, 4.69) is 18.7 Å². The summed E-state index contributed by atoms with van der Waals surface area (Å²) in [6, 6.07) is 0. The van der Waals surface area contributed by atoms with Gasteiger partial charge in [0.15, 0.2) is 0 Å². The molecule has 0 bridgehead atoms. The second kappa shape index (κ2) is 6.02. The van der Waals surface area contributed by atoms with E-state index in [1.54, 1.807) is 0 Å². The van der Waals surface area contributed by atoms with Gasteiger partial charge in [-0.2, -0.15) is 0 Å². The molecule has 0 aromatic carbocycles. The van der Waals surface area contributed by atoms with Crippen LogP contribution in [-0.2, 0) is 4.79 Å². The van der Waals surface area contributed by atoms with Crippen molar-refractivity contribution < 1.29 is 9.90 Å². The molecule has 3 nitrogen and oxygen atoms in total. The standard InChI is InChI=1S/C11H23NO2/c1-5-8-12(9-6-2)11(4,7-3)10(13)14/h5-9H2,1-4H3,(H,13,14). The van der Waals surface area contributed by atoms with Crippen LogP contribution in [-0.4, -0.2) is 34.6 Å². The highest BCUT2D eigenvalue weighted by Gasteiger charge is 2.36. The summed E-state index contributed by atoms with van der Waals surface area (Å²) >= 11 is 0. The summed E-state index contributed by atoms with van der Waals surface area (Å²) in [5.41, 5.74) is -0.688. The normalized spacial score (nSPS) is 15.5. The fourth-order valence-electron chi connectivity index (χ4n) is 1.66. The van der Waals surface area contributed by atoms with Gasteiger partial charge < -0.3 is 5.11 Å². The summed E-state index contributed by atoms with van der Waals surface area (Å²) in [6.07, 6.45) is 2.66. The van der Waals surface area contributed by atoms with E-state index in [1.807, 2.05) is 13.8 Å². The van der Waals surface area contributed by atoms with Crippen LogP contribution in [0.25, 0.3) is 0 Å². The van der Waals surface area contributed by atoms with Gasteiger partial charge in [-0.05, 0) is 39.3 Å². The van der Waals surface area contributed by atoms with Crippen LogP contribution < -0.4 is 0 Å². The van der Waals surface area contributed by atoms with Gasteiger partial charge in [-0.25, -0.2) is 0 Å². The number of rotatable bonds is 7. The average molecular weight is 201 g/mol. The zero-order valence-corrected chi connectivity index (χ0v) is 9.84. The van der Waals surface area contributed by atoms with Gasteiger partial charge in [0, 0.05) is 0 Å². The minimum Gasteiger partial charge on any atom is -0.480 e. The Balaban J connectivity index is 4.63. The maximum atomic E-state index is 11.2. The molecule has 0 saturated carbocycles. The van der Waals surface area contributed by atoms with E-state index in [1.165, 1.54) is 0 Å². The smallest absolute Gasteiger partial charge is 0.323 e. The number of aliphatic carboxylic acids is 1. The van der Waals surface area contributed by atoms with Gasteiger partial charge in [0.25, 0.3) is 0 Å². The van der Waals surface area contributed by atoms with Crippen LogP contribution in [0.15, 0.2) is 0 Å². The van der Waals surface area contributed by atoms with Gasteiger partial charge in [-0.15, -0.1) is 0 Å². The Kier molecular flexibility index (Phi) is 5.77. The molecule has 0 spiro atoms. The second-order valence-electron chi connectivity index (χ2n) is 3.92. The van der Waals surface area contributed by atoms with E-state index >= 15 is 0 Å². The molecule has 0 aliphatic heterocycles. The molecule has 3 heteroatoms. The lowest BCUT2D eigenvalue weighted by Crippen LogP contribution is -2.52. The Hall–Kier alpha value is -0.570. The molecular weight excluding hydrogens is 178 g/mol. The molecule has 0 aliphatic carbocycles. The number of carbonyl (C=O) groups is 1. The third kappa shape index (κ3) is 2.98. The minimum absolute atomic E-state index is 0.655. The largest absolute Gasteiger partial charge is 0.480 e. The molecule has 1 unspecified atom stereocenters. The van der Waals surface area contributed by atoms with E-state index < -0.39 is 11.5 Å². The van der Waals surface area contributed by atoms with Crippen LogP contribution >= 0.6 is 0 Å². The first kappa shape index (κ1) is 13.4. The Morgan fingerprint density at radius 1 is 1.21 bits per heavy atom. The first-order valence-corrected chi connectivity index (χ1v) is 5.51. The highest BCUT2D eigenvalue weighted by atomic mass is 16.4. The van der Waals surface area contributed by atoms with Gasteiger partial charge in [-0.3, -0.25) is 9.69 Å². The summed E-state index contributed by atoms with van der Waals surface area (Å²) in [5, 5.41) is 9.21.